The van der Waals surface area contributed by atoms with Gasteiger partial charge in [0.05, 0.1) is 0 Å². The molecule has 3 saturated carbocycles. The first-order valence-corrected chi connectivity index (χ1v) is 19.6. The van der Waals surface area contributed by atoms with Gasteiger partial charge >= 0.3 is 6.09 Å². The Morgan fingerprint density at radius 2 is 1.56 bits per heavy atom. The summed E-state index contributed by atoms with van der Waals surface area (Å²) in [4.78, 5) is 15.4. The molecule has 0 aromatic rings. The van der Waals surface area contributed by atoms with Crippen LogP contribution in [0.15, 0.2) is 11.6 Å². The van der Waals surface area contributed by atoms with Gasteiger partial charge in [-0.25, -0.2) is 4.79 Å². The molecule has 9 unspecified atom stereocenters. The van der Waals surface area contributed by atoms with E-state index in [0.717, 1.165) is 74.7 Å². The van der Waals surface area contributed by atoms with E-state index in [0.29, 0.717) is 23.4 Å². The average Bonchev–Trinajstić information content (AvgIpc) is 3.32. The van der Waals surface area contributed by atoms with Crippen LogP contribution in [0.1, 0.15) is 164 Å². The number of hydrogen-bond acceptors (Lipinski definition) is 4. The minimum Gasteiger partial charge on any atom is -0.446 e. The van der Waals surface area contributed by atoms with Crippen molar-refractivity contribution in [1.82, 2.24) is 4.90 Å². The van der Waals surface area contributed by atoms with E-state index in [-0.39, 0.29) is 18.2 Å². The first-order chi connectivity index (χ1) is 21.4. The molecule has 1 amide bonds. The molecule has 0 spiro atoms. The summed E-state index contributed by atoms with van der Waals surface area (Å²) >= 11 is 0. The van der Waals surface area contributed by atoms with Gasteiger partial charge in [-0.15, -0.1) is 0 Å². The average molecular weight is 628 g/mol. The van der Waals surface area contributed by atoms with Gasteiger partial charge in [0.2, 0.25) is 0 Å². The number of ether oxygens (including phenoxy) is 1. The van der Waals surface area contributed by atoms with Crippen molar-refractivity contribution in [2.45, 2.75) is 182 Å². The number of rotatable bonds is 17. The predicted octanol–water partition coefficient (Wildman–Crippen LogP) is 10.0. The molecule has 0 radical (unpaired) electrons. The summed E-state index contributed by atoms with van der Waals surface area (Å²) in [5, 5.41) is 0. The summed E-state index contributed by atoms with van der Waals surface area (Å²) in [6.45, 7) is 15.6. The number of unbranched alkanes of at least 4 members (excludes halogenated alkanes) is 5. The lowest BCUT2D eigenvalue weighted by molar-refractivity contribution is -0.0534. The number of carbonyl (C=O) groups is 1. The monoisotopic (exact) mass is 628 g/mol. The number of hydrogen-bond donors (Lipinski definition) is 2. The summed E-state index contributed by atoms with van der Waals surface area (Å²) in [7, 11) is 0. The fourth-order valence-corrected chi connectivity index (χ4v) is 10.4. The Bertz CT molecular complexity index is 946. The molecule has 45 heavy (non-hydrogen) atoms. The van der Waals surface area contributed by atoms with Gasteiger partial charge in [0, 0.05) is 31.6 Å². The molecule has 4 N–H and O–H groups in total. The molecular weight excluding hydrogens is 554 g/mol. The molecule has 4 rings (SSSR count). The van der Waals surface area contributed by atoms with E-state index in [1.165, 1.54) is 83.5 Å². The molecule has 0 aromatic heterocycles. The quantitative estimate of drug-likeness (QED) is 0.124. The number of fused-ring (bicyclic) bond motifs is 5. The minimum atomic E-state index is -0.116. The maximum Gasteiger partial charge on any atom is 0.410 e. The van der Waals surface area contributed by atoms with E-state index in [1.807, 2.05) is 11.8 Å². The largest absolute Gasteiger partial charge is 0.446 e. The molecule has 5 heteroatoms. The van der Waals surface area contributed by atoms with E-state index in [1.54, 1.807) is 5.57 Å². The molecule has 3 fully saturated rings. The van der Waals surface area contributed by atoms with Gasteiger partial charge in [-0.2, -0.15) is 0 Å². The highest BCUT2D eigenvalue weighted by atomic mass is 16.6. The van der Waals surface area contributed by atoms with E-state index in [9.17, 15) is 4.79 Å². The van der Waals surface area contributed by atoms with Crippen LogP contribution in [0.2, 0.25) is 0 Å². The van der Waals surface area contributed by atoms with Crippen molar-refractivity contribution in [1.29, 1.82) is 0 Å². The molecule has 9 atom stereocenters. The standard InChI is InChI=1S/C40H73N3O2/c1-29(2)14-11-12-16-32-18-20-36-35-19-17-33-28-34(21-24-40(33,6)37(35)22-25-39(32,36)5)45-38(44)43(27-23-31(4)42)26-13-9-7-8-10-15-30(3)41/h17,29-32,34-37H,7-16,18-28,41-42H2,1-6H3. The minimum absolute atomic E-state index is 0.0139. The van der Waals surface area contributed by atoms with Gasteiger partial charge < -0.3 is 21.1 Å². The summed E-state index contributed by atoms with van der Waals surface area (Å²) in [6.07, 6.45) is 26.0. The third-order valence-electron chi connectivity index (χ3n) is 13.3. The van der Waals surface area contributed by atoms with Gasteiger partial charge in [-0.05, 0) is 125 Å². The molecule has 0 aliphatic heterocycles. The number of nitrogens with two attached hydrogens (primary N) is 2. The van der Waals surface area contributed by atoms with Crippen molar-refractivity contribution in [2.75, 3.05) is 13.1 Å². The van der Waals surface area contributed by atoms with Gasteiger partial charge in [0.1, 0.15) is 6.10 Å². The Morgan fingerprint density at radius 3 is 2.29 bits per heavy atom. The van der Waals surface area contributed by atoms with E-state index in [2.05, 4.69) is 40.7 Å². The Kier molecular flexibility index (Phi) is 13.8. The molecule has 0 bridgehead atoms. The van der Waals surface area contributed by atoms with Crippen molar-refractivity contribution in [3.8, 4) is 0 Å². The van der Waals surface area contributed by atoms with Gasteiger partial charge in [-0.1, -0.05) is 84.3 Å². The molecule has 0 heterocycles. The fraction of sp³-hybridized carbons (Fsp3) is 0.925. The number of nitrogens with zero attached hydrogens (tertiary/aromatic N) is 1. The first kappa shape index (κ1) is 36.8. The zero-order valence-corrected chi connectivity index (χ0v) is 30.5. The second kappa shape index (κ2) is 16.8. The van der Waals surface area contributed by atoms with Crippen LogP contribution in [-0.4, -0.2) is 42.3 Å². The van der Waals surface area contributed by atoms with Crippen LogP contribution in [0.3, 0.4) is 0 Å². The topological polar surface area (TPSA) is 81.6 Å². The van der Waals surface area contributed by atoms with Gasteiger partial charge in [-0.3, -0.25) is 0 Å². The van der Waals surface area contributed by atoms with Crippen molar-refractivity contribution in [2.24, 2.45) is 51.9 Å². The third-order valence-corrected chi connectivity index (χ3v) is 13.3. The van der Waals surface area contributed by atoms with Crippen LogP contribution in [0.4, 0.5) is 4.79 Å². The van der Waals surface area contributed by atoms with Gasteiger partial charge in [0.15, 0.2) is 0 Å². The van der Waals surface area contributed by atoms with E-state index < -0.39 is 0 Å². The summed E-state index contributed by atoms with van der Waals surface area (Å²) in [6, 6.07) is 0.385. The van der Waals surface area contributed by atoms with Crippen molar-refractivity contribution in [3.63, 3.8) is 0 Å². The zero-order valence-electron chi connectivity index (χ0n) is 30.5. The summed E-state index contributed by atoms with van der Waals surface area (Å²) < 4.78 is 6.29. The predicted molar refractivity (Wildman–Crippen MR) is 190 cm³/mol. The Labute approximate surface area is 278 Å². The van der Waals surface area contributed by atoms with Crippen LogP contribution in [0.25, 0.3) is 0 Å². The van der Waals surface area contributed by atoms with Crippen LogP contribution in [0, 0.1) is 40.4 Å². The van der Waals surface area contributed by atoms with Crippen molar-refractivity contribution >= 4 is 6.09 Å². The Hall–Kier alpha value is -1.07. The molecule has 260 valence electrons. The highest BCUT2D eigenvalue weighted by Crippen LogP contribution is 2.66. The summed E-state index contributed by atoms with van der Waals surface area (Å²) in [5.74, 6) is 4.34. The number of amides is 1. The second-order valence-corrected chi connectivity index (χ2v) is 17.3. The number of carbonyl (C=O) groups excluding carboxylic acids is 1. The van der Waals surface area contributed by atoms with Crippen LogP contribution < -0.4 is 11.5 Å². The van der Waals surface area contributed by atoms with E-state index >= 15 is 0 Å². The van der Waals surface area contributed by atoms with Crippen LogP contribution in [-0.2, 0) is 4.74 Å². The second-order valence-electron chi connectivity index (χ2n) is 17.3. The fourth-order valence-electron chi connectivity index (χ4n) is 10.4. The number of allylic oxidation sites excluding steroid dienone is 1. The normalized spacial score (nSPS) is 34.0. The molecule has 5 nitrogen and oxygen atoms in total. The molecular formula is C40H73N3O2. The lowest BCUT2D eigenvalue weighted by atomic mass is 9.47. The van der Waals surface area contributed by atoms with Crippen LogP contribution in [0.5, 0.6) is 0 Å². The maximum absolute atomic E-state index is 13.5. The molecule has 0 aromatic carbocycles. The van der Waals surface area contributed by atoms with E-state index in [4.69, 9.17) is 16.2 Å². The van der Waals surface area contributed by atoms with Crippen molar-refractivity contribution < 1.29 is 9.53 Å². The third kappa shape index (κ3) is 9.52. The summed E-state index contributed by atoms with van der Waals surface area (Å²) in [5.41, 5.74) is 14.4. The highest BCUT2D eigenvalue weighted by Gasteiger charge is 2.58. The lowest BCUT2D eigenvalue weighted by Gasteiger charge is -2.58. The molecule has 0 saturated heterocycles. The first-order valence-electron chi connectivity index (χ1n) is 19.6. The van der Waals surface area contributed by atoms with Crippen LogP contribution >= 0.6 is 0 Å². The Morgan fingerprint density at radius 1 is 0.844 bits per heavy atom. The SMILES string of the molecule is CC(C)CCCCC1CCC2C3CC=C4CC(OC(=O)N(CCCCCCCC(C)N)CCC(C)N)CCC4(C)C3CCC12C. The lowest BCUT2D eigenvalue weighted by Crippen LogP contribution is -2.50. The molecule has 4 aliphatic carbocycles. The maximum atomic E-state index is 13.5. The Balaban J connectivity index is 1.30. The zero-order chi connectivity index (χ0) is 32.6. The highest BCUT2D eigenvalue weighted by molar-refractivity contribution is 5.67. The van der Waals surface area contributed by atoms with Gasteiger partial charge in [0.25, 0.3) is 0 Å². The smallest absolute Gasteiger partial charge is 0.410 e. The van der Waals surface area contributed by atoms with Crippen molar-refractivity contribution in [3.05, 3.63) is 11.6 Å². The molecule has 4 aliphatic rings.